The zero-order chi connectivity index (χ0) is 11.4. The zero-order valence-electron chi connectivity index (χ0n) is 9.92. The van der Waals surface area contributed by atoms with Gasteiger partial charge in [0.2, 0.25) is 0 Å². The second kappa shape index (κ2) is 5.46. The standard InChI is InChI=1S/C12H21N3O/c1-14(8-9-15-7-6-13-10-15)11-4-2-3-5-12(11)16/h6-7,10-12,16H,2-5,8-9H2,1H3. The number of hydrogen-bond acceptors (Lipinski definition) is 3. The molecule has 1 fully saturated rings. The molecule has 0 spiro atoms. The van der Waals surface area contributed by atoms with E-state index in [0.29, 0.717) is 6.04 Å². The third-order valence-electron chi connectivity index (χ3n) is 3.53. The molecule has 0 saturated heterocycles. The molecule has 1 saturated carbocycles. The lowest BCUT2D eigenvalue weighted by Crippen LogP contribution is -2.44. The second-order valence-corrected chi connectivity index (χ2v) is 4.70. The van der Waals surface area contributed by atoms with Crippen molar-refractivity contribution in [1.82, 2.24) is 14.5 Å². The summed E-state index contributed by atoms with van der Waals surface area (Å²) < 4.78 is 2.08. The molecule has 0 aromatic carbocycles. The Morgan fingerprint density at radius 1 is 1.44 bits per heavy atom. The van der Waals surface area contributed by atoms with Crippen LogP contribution >= 0.6 is 0 Å². The molecule has 0 bridgehead atoms. The van der Waals surface area contributed by atoms with Gasteiger partial charge in [-0.25, -0.2) is 4.98 Å². The molecule has 1 heterocycles. The summed E-state index contributed by atoms with van der Waals surface area (Å²) in [7, 11) is 2.11. The van der Waals surface area contributed by atoms with E-state index in [2.05, 4.69) is 21.5 Å². The van der Waals surface area contributed by atoms with Crippen LogP contribution in [0.1, 0.15) is 25.7 Å². The van der Waals surface area contributed by atoms with Crippen LogP contribution < -0.4 is 0 Å². The summed E-state index contributed by atoms with van der Waals surface area (Å²) in [5.74, 6) is 0. The first-order valence-electron chi connectivity index (χ1n) is 6.11. The molecule has 2 atom stereocenters. The van der Waals surface area contributed by atoms with Gasteiger partial charge in [-0.3, -0.25) is 4.90 Å². The Morgan fingerprint density at radius 3 is 2.94 bits per heavy atom. The Kier molecular flexibility index (Phi) is 3.96. The first kappa shape index (κ1) is 11.6. The maximum absolute atomic E-state index is 9.94. The molecule has 1 aromatic rings. The Hall–Kier alpha value is -0.870. The molecule has 4 nitrogen and oxygen atoms in total. The highest BCUT2D eigenvalue weighted by molar-refractivity contribution is 4.82. The van der Waals surface area contributed by atoms with Gasteiger partial charge in [-0.05, 0) is 19.9 Å². The molecule has 0 radical (unpaired) electrons. The van der Waals surface area contributed by atoms with Gasteiger partial charge in [0, 0.05) is 31.5 Å². The Balaban J connectivity index is 1.80. The Morgan fingerprint density at radius 2 is 2.25 bits per heavy atom. The molecule has 2 unspecified atom stereocenters. The van der Waals surface area contributed by atoms with Gasteiger partial charge in [-0.15, -0.1) is 0 Å². The fourth-order valence-electron chi connectivity index (χ4n) is 2.46. The Labute approximate surface area is 96.9 Å². The zero-order valence-corrected chi connectivity index (χ0v) is 9.92. The molecule has 90 valence electrons. The van der Waals surface area contributed by atoms with E-state index in [1.165, 1.54) is 12.8 Å². The lowest BCUT2D eigenvalue weighted by molar-refractivity contribution is 0.0309. The number of aliphatic hydroxyl groups excluding tert-OH is 1. The van der Waals surface area contributed by atoms with Gasteiger partial charge in [0.1, 0.15) is 0 Å². The first-order chi connectivity index (χ1) is 7.77. The Bertz CT molecular complexity index is 299. The van der Waals surface area contributed by atoms with Crippen molar-refractivity contribution in [2.24, 2.45) is 0 Å². The highest BCUT2D eigenvalue weighted by Gasteiger charge is 2.25. The van der Waals surface area contributed by atoms with Gasteiger partial charge in [0.05, 0.1) is 12.4 Å². The van der Waals surface area contributed by atoms with Crippen LogP contribution in [-0.2, 0) is 6.54 Å². The van der Waals surface area contributed by atoms with Crippen LogP contribution in [0.2, 0.25) is 0 Å². The van der Waals surface area contributed by atoms with Crippen LogP contribution in [0.3, 0.4) is 0 Å². The normalized spacial score (nSPS) is 26.2. The molecule has 1 aromatic heterocycles. The van der Waals surface area contributed by atoms with E-state index in [4.69, 9.17) is 0 Å². The molecule has 0 amide bonds. The number of imidazole rings is 1. The highest BCUT2D eigenvalue weighted by atomic mass is 16.3. The number of aliphatic hydroxyl groups is 1. The molecule has 4 heteroatoms. The van der Waals surface area contributed by atoms with Gasteiger partial charge < -0.3 is 9.67 Å². The largest absolute Gasteiger partial charge is 0.391 e. The maximum Gasteiger partial charge on any atom is 0.0946 e. The van der Waals surface area contributed by atoms with E-state index in [9.17, 15) is 5.11 Å². The second-order valence-electron chi connectivity index (χ2n) is 4.70. The fourth-order valence-corrected chi connectivity index (χ4v) is 2.46. The van der Waals surface area contributed by atoms with Crippen molar-refractivity contribution in [1.29, 1.82) is 0 Å². The third-order valence-corrected chi connectivity index (χ3v) is 3.53. The summed E-state index contributed by atoms with van der Waals surface area (Å²) in [4.78, 5) is 6.30. The first-order valence-corrected chi connectivity index (χ1v) is 6.11. The van der Waals surface area contributed by atoms with Gasteiger partial charge in [0.15, 0.2) is 0 Å². The molecule has 16 heavy (non-hydrogen) atoms. The molecular weight excluding hydrogens is 202 g/mol. The molecule has 1 aliphatic carbocycles. The SMILES string of the molecule is CN(CCn1ccnc1)C1CCCCC1O. The van der Waals surface area contributed by atoms with E-state index >= 15 is 0 Å². The number of likely N-dealkylation sites (N-methyl/N-ethyl adjacent to an activating group) is 1. The van der Waals surface area contributed by atoms with Crippen molar-refractivity contribution in [2.75, 3.05) is 13.6 Å². The lowest BCUT2D eigenvalue weighted by atomic mass is 9.91. The molecular formula is C12H21N3O. The number of rotatable bonds is 4. The van der Waals surface area contributed by atoms with Crippen LogP contribution in [0.5, 0.6) is 0 Å². The topological polar surface area (TPSA) is 41.3 Å². The molecule has 0 aliphatic heterocycles. The minimum absolute atomic E-state index is 0.137. The van der Waals surface area contributed by atoms with Crippen molar-refractivity contribution in [3.05, 3.63) is 18.7 Å². The van der Waals surface area contributed by atoms with Crippen LogP contribution in [-0.4, -0.2) is 45.3 Å². The minimum atomic E-state index is -0.137. The molecule has 1 N–H and O–H groups in total. The average molecular weight is 223 g/mol. The summed E-state index contributed by atoms with van der Waals surface area (Å²) in [5, 5.41) is 9.94. The van der Waals surface area contributed by atoms with Crippen LogP contribution in [0.25, 0.3) is 0 Å². The molecule has 2 rings (SSSR count). The van der Waals surface area contributed by atoms with Gasteiger partial charge in [0.25, 0.3) is 0 Å². The average Bonchev–Trinajstić information content (AvgIpc) is 2.79. The van der Waals surface area contributed by atoms with Crippen molar-refractivity contribution in [3.63, 3.8) is 0 Å². The highest BCUT2D eigenvalue weighted by Crippen LogP contribution is 2.22. The van der Waals surface area contributed by atoms with Gasteiger partial charge >= 0.3 is 0 Å². The fraction of sp³-hybridized carbons (Fsp3) is 0.750. The van der Waals surface area contributed by atoms with E-state index in [1.54, 1.807) is 6.20 Å². The maximum atomic E-state index is 9.94. The van der Waals surface area contributed by atoms with Crippen molar-refractivity contribution in [2.45, 2.75) is 44.4 Å². The van der Waals surface area contributed by atoms with E-state index in [0.717, 1.165) is 25.9 Å². The van der Waals surface area contributed by atoms with Crippen LogP contribution in [0, 0.1) is 0 Å². The van der Waals surface area contributed by atoms with Crippen LogP contribution in [0.4, 0.5) is 0 Å². The van der Waals surface area contributed by atoms with Crippen molar-refractivity contribution < 1.29 is 5.11 Å². The van der Waals surface area contributed by atoms with E-state index in [-0.39, 0.29) is 6.10 Å². The van der Waals surface area contributed by atoms with Crippen LogP contribution in [0.15, 0.2) is 18.7 Å². The lowest BCUT2D eigenvalue weighted by Gasteiger charge is -2.35. The quantitative estimate of drug-likeness (QED) is 0.831. The summed E-state index contributed by atoms with van der Waals surface area (Å²) >= 11 is 0. The predicted molar refractivity (Wildman–Crippen MR) is 63.1 cm³/mol. The molecule has 1 aliphatic rings. The minimum Gasteiger partial charge on any atom is -0.391 e. The number of nitrogens with zero attached hydrogens (tertiary/aromatic N) is 3. The van der Waals surface area contributed by atoms with Gasteiger partial charge in [-0.1, -0.05) is 12.8 Å². The smallest absolute Gasteiger partial charge is 0.0946 e. The summed E-state index contributed by atoms with van der Waals surface area (Å²) in [6.45, 7) is 1.91. The predicted octanol–water partition coefficient (Wildman–Crippen LogP) is 1.12. The summed E-state index contributed by atoms with van der Waals surface area (Å²) in [6.07, 6.45) is 9.99. The number of hydrogen-bond donors (Lipinski definition) is 1. The third kappa shape index (κ3) is 2.83. The summed E-state index contributed by atoms with van der Waals surface area (Å²) in [5.41, 5.74) is 0. The van der Waals surface area contributed by atoms with Crippen molar-refractivity contribution >= 4 is 0 Å². The summed E-state index contributed by atoms with van der Waals surface area (Å²) in [6, 6.07) is 0.345. The van der Waals surface area contributed by atoms with Crippen molar-refractivity contribution in [3.8, 4) is 0 Å². The van der Waals surface area contributed by atoms with Gasteiger partial charge in [-0.2, -0.15) is 0 Å². The van der Waals surface area contributed by atoms with E-state index < -0.39 is 0 Å². The number of aromatic nitrogens is 2. The monoisotopic (exact) mass is 223 g/mol. The van der Waals surface area contributed by atoms with E-state index in [1.807, 2.05) is 12.5 Å².